The Balaban J connectivity index is 1.66. The molecule has 90 valence electrons. The van der Waals surface area contributed by atoms with Crippen LogP contribution in [0.4, 0.5) is 0 Å². The molecule has 1 heterocycles. The second-order valence-electron chi connectivity index (χ2n) is 5.93. The molecule has 0 aromatic heterocycles. The number of hydrogen-bond acceptors (Lipinski definition) is 3. The van der Waals surface area contributed by atoms with Crippen molar-refractivity contribution in [2.24, 2.45) is 23.7 Å². The summed E-state index contributed by atoms with van der Waals surface area (Å²) in [6.45, 7) is 4.72. The Kier molecular flexibility index (Phi) is 2.46. The molecular weight excluding hydrogens is 204 g/mol. The molecule has 3 rings (SSSR count). The highest BCUT2D eigenvalue weighted by Gasteiger charge is 2.53. The first-order chi connectivity index (χ1) is 7.65. The summed E-state index contributed by atoms with van der Waals surface area (Å²) in [6.07, 6.45) is 4.09. The summed E-state index contributed by atoms with van der Waals surface area (Å²) in [6, 6.07) is 0. The van der Waals surface area contributed by atoms with Crippen LogP contribution in [0.2, 0.25) is 0 Å². The molecule has 0 spiro atoms. The Morgan fingerprint density at radius 2 is 2.12 bits per heavy atom. The summed E-state index contributed by atoms with van der Waals surface area (Å²) in [7, 11) is 0. The molecule has 1 aliphatic heterocycles. The average Bonchev–Trinajstić information content (AvgIpc) is 2.52. The summed E-state index contributed by atoms with van der Waals surface area (Å²) in [4.78, 5) is 11.6. The topological polar surface area (TPSA) is 35.5 Å². The Hall–Kier alpha value is -0.570. The fourth-order valence-electron chi connectivity index (χ4n) is 3.54. The number of carbonyl (C=O) groups excluding carboxylic acids is 1. The molecule has 0 N–H and O–H groups in total. The van der Waals surface area contributed by atoms with E-state index in [1.165, 1.54) is 12.8 Å². The Bertz CT molecular complexity index is 300. The van der Waals surface area contributed by atoms with Gasteiger partial charge in [-0.15, -0.1) is 0 Å². The zero-order chi connectivity index (χ0) is 11.3. The molecule has 2 saturated carbocycles. The minimum atomic E-state index is -0.0478. The van der Waals surface area contributed by atoms with Gasteiger partial charge in [0.15, 0.2) is 0 Å². The van der Waals surface area contributed by atoms with Gasteiger partial charge < -0.3 is 9.47 Å². The first-order valence-electron chi connectivity index (χ1n) is 6.47. The second-order valence-corrected chi connectivity index (χ2v) is 5.93. The van der Waals surface area contributed by atoms with Gasteiger partial charge in [0, 0.05) is 11.8 Å². The van der Waals surface area contributed by atoms with E-state index in [4.69, 9.17) is 9.47 Å². The Morgan fingerprint density at radius 3 is 2.75 bits per heavy atom. The molecule has 5 atom stereocenters. The first kappa shape index (κ1) is 10.6. The molecule has 2 aliphatic carbocycles. The van der Waals surface area contributed by atoms with Crippen LogP contribution in [-0.2, 0) is 14.3 Å². The van der Waals surface area contributed by atoms with E-state index < -0.39 is 0 Å². The van der Waals surface area contributed by atoms with Gasteiger partial charge in [0.25, 0.3) is 0 Å². The van der Waals surface area contributed by atoms with E-state index in [2.05, 4.69) is 0 Å². The minimum absolute atomic E-state index is 0.0152. The summed E-state index contributed by atoms with van der Waals surface area (Å²) in [5.41, 5.74) is 0. The van der Waals surface area contributed by atoms with Crippen LogP contribution in [0.3, 0.4) is 0 Å². The van der Waals surface area contributed by atoms with Crippen molar-refractivity contribution in [1.82, 2.24) is 0 Å². The molecule has 5 unspecified atom stereocenters. The van der Waals surface area contributed by atoms with Crippen LogP contribution in [0, 0.1) is 23.7 Å². The lowest BCUT2D eigenvalue weighted by Gasteiger charge is -2.45. The van der Waals surface area contributed by atoms with E-state index in [9.17, 15) is 4.79 Å². The van der Waals surface area contributed by atoms with Crippen LogP contribution in [0.5, 0.6) is 0 Å². The van der Waals surface area contributed by atoms with Gasteiger partial charge in [0.1, 0.15) is 6.10 Å². The van der Waals surface area contributed by atoms with E-state index in [0.29, 0.717) is 12.0 Å². The number of rotatable bonds is 2. The van der Waals surface area contributed by atoms with Crippen molar-refractivity contribution in [3.63, 3.8) is 0 Å². The Morgan fingerprint density at radius 1 is 1.31 bits per heavy atom. The largest absolute Gasteiger partial charge is 0.462 e. The number of fused-ring (bicyclic) bond motifs is 4. The predicted octanol–water partition coefficient (Wildman–Crippen LogP) is 2.00. The molecule has 0 amide bonds. The van der Waals surface area contributed by atoms with Crippen molar-refractivity contribution >= 4 is 5.97 Å². The van der Waals surface area contributed by atoms with Crippen LogP contribution in [0.15, 0.2) is 0 Å². The molecular formula is C13H20O3. The molecule has 3 fully saturated rings. The average molecular weight is 224 g/mol. The molecule has 2 bridgehead atoms. The summed E-state index contributed by atoms with van der Waals surface area (Å²) >= 11 is 0. The third-order valence-corrected chi connectivity index (χ3v) is 4.41. The smallest absolute Gasteiger partial charge is 0.308 e. The number of hydrogen-bond donors (Lipinski definition) is 0. The maximum absolute atomic E-state index is 11.6. The standard InChI is InChI=1S/C13H20O3/c1-7(2)13(14)16-11-5-8-3-9-6-15-12(9)10(11)4-8/h7-12H,3-6H2,1-2H3. The molecule has 0 aromatic rings. The van der Waals surface area contributed by atoms with Crippen LogP contribution in [-0.4, -0.2) is 24.8 Å². The van der Waals surface area contributed by atoms with Crippen LogP contribution < -0.4 is 0 Å². The van der Waals surface area contributed by atoms with Crippen molar-refractivity contribution in [2.45, 2.75) is 45.3 Å². The second kappa shape index (κ2) is 3.73. The van der Waals surface area contributed by atoms with Crippen molar-refractivity contribution in [1.29, 1.82) is 0 Å². The van der Waals surface area contributed by atoms with Gasteiger partial charge in [0.2, 0.25) is 0 Å². The zero-order valence-electron chi connectivity index (χ0n) is 10.0. The van der Waals surface area contributed by atoms with Gasteiger partial charge in [-0.05, 0) is 25.2 Å². The molecule has 3 nitrogen and oxygen atoms in total. The Labute approximate surface area is 96.5 Å². The van der Waals surface area contributed by atoms with Crippen molar-refractivity contribution in [3.8, 4) is 0 Å². The van der Waals surface area contributed by atoms with Crippen molar-refractivity contribution in [3.05, 3.63) is 0 Å². The predicted molar refractivity (Wildman–Crippen MR) is 58.8 cm³/mol. The summed E-state index contributed by atoms with van der Waals surface area (Å²) in [5.74, 6) is 1.96. The molecule has 3 aliphatic rings. The first-order valence-corrected chi connectivity index (χ1v) is 6.47. The molecule has 1 saturated heterocycles. The highest BCUT2D eigenvalue weighted by molar-refractivity contribution is 5.71. The third-order valence-electron chi connectivity index (χ3n) is 4.41. The van der Waals surface area contributed by atoms with Crippen LogP contribution in [0.25, 0.3) is 0 Å². The van der Waals surface area contributed by atoms with E-state index in [1.807, 2.05) is 13.8 Å². The quantitative estimate of drug-likeness (QED) is 0.673. The van der Waals surface area contributed by atoms with Gasteiger partial charge in [-0.3, -0.25) is 4.79 Å². The van der Waals surface area contributed by atoms with Gasteiger partial charge in [-0.1, -0.05) is 13.8 Å². The molecule has 16 heavy (non-hydrogen) atoms. The van der Waals surface area contributed by atoms with Gasteiger partial charge in [-0.2, -0.15) is 0 Å². The zero-order valence-corrected chi connectivity index (χ0v) is 10.0. The van der Waals surface area contributed by atoms with E-state index in [1.54, 1.807) is 0 Å². The summed E-state index contributed by atoms with van der Waals surface area (Å²) in [5, 5.41) is 0. The molecule has 0 radical (unpaired) electrons. The maximum atomic E-state index is 11.6. The van der Waals surface area contributed by atoms with Crippen molar-refractivity contribution < 1.29 is 14.3 Å². The molecule has 0 aromatic carbocycles. The van der Waals surface area contributed by atoms with E-state index in [0.717, 1.165) is 24.9 Å². The maximum Gasteiger partial charge on any atom is 0.308 e. The normalized spacial score (nSPS) is 45.1. The monoisotopic (exact) mass is 224 g/mol. The SMILES string of the molecule is CC(C)C(=O)OC1CC2CC3COC3C1C2. The minimum Gasteiger partial charge on any atom is -0.462 e. The fraction of sp³-hybridized carbons (Fsp3) is 0.923. The van der Waals surface area contributed by atoms with E-state index >= 15 is 0 Å². The van der Waals surface area contributed by atoms with Gasteiger partial charge in [0.05, 0.1) is 18.6 Å². The number of ether oxygens (including phenoxy) is 2. The molecule has 3 heteroatoms. The van der Waals surface area contributed by atoms with E-state index in [-0.39, 0.29) is 18.0 Å². The lowest BCUT2D eigenvalue weighted by molar-refractivity contribution is -0.183. The number of esters is 1. The van der Waals surface area contributed by atoms with Crippen molar-refractivity contribution in [2.75, 3.05) is 6.61 Å². The fourth-order valence-corrected chi connectivity index (χ4v) is 3.54. The lowest BCUT2D eigenvalue weighted by Crippen LogP contribution is -2.49. The lowest BCUT2D eigenvalue weighted by atomic mass is 9.75. The van der Waals surface area contributed by atoms with Gasteiger partial charge in [-0.25, -0.2) is 0 Å². The number of carbonyl (C=O) groups is 1. The van der Waals surface area contributed by atoms with Crippen LogP contribution >= 0.6 is 0 Å². The van der Waals surface area contributed by atoms with Gasteiger partial charge >= 0.3 is 5.97 Å². The van der Waals surface area contributed by atoms with Crippen LogP contribution in [0.1, 0.15) is 33.1 Å². The third kappa shape index (κ3) is 1.56. The summed E-state index contributed by atoms with van der Waals surface area (Å²) < 4.78 is 11.3. The highest BCUT2D eigenvalue weighted by Crippen LogP contribution is 2.51. The highest BCUT2D eigenvalue weighted by atomic mass is 16.6.